The van der Waals surface area contributed by atoms with E-state index in [1.165, 1.54) is 11.1 Å². The number of hydrogen-bond donors (Lipinski definition) is 3. The van der Waals surface area contributed by atoms with Gasteiger partial charge in [-0.05, 0) is 48.2 Å². The van der Waals surface area contributed by atoms with Gasteiger partial charge in [-0.15, -0.1) is 0 Å². The molecule has 5 aliphatic rings. The molecule has 2 atom stereocenters. The van der Waals surface area contributed by atoms with Gasteiger partial charge < -0.3 is 20.5 Å². The van der Waals surface area contributed by atoms with E-state index in [0.717, 1.165) is 31.7 Å². The van der Waals surface area contributed by atoms with Gasteiger partial charge in [0.15, 0.2) is 11.5 Å². The fourth-order valence-electron chi connectivity index (χ4n) is 3.21. The maximum absolute atomic E-state index is 10.0. The van der Waals surface area contributed by atoms with Crippen LogP contribution in [0.2, 0.25) is 0 Å². The molecule has 5 aliphatic heterocycles. The van der Waals surface area contributed by atoms with E-state index in [4.69, 9.17) is 4.74 Å². The van der Waals surface area contributed by atoms with Gasteiger partial charge in [-0.1, -0.05) is 18.2 Å². The Bertz CT molecular complexity index is 661. The quantitative estimate of drug-likeness (QED) is 0.698. The Labute approximate surface area is 130 Å². The Morgan fingerprint density at radius 2 is 1.50 bits per heavy atom. The minimum absolute atomic E-state index is 0.176. The second-order valence-electron chi connectivity index (χ2n) is 6.17. The third-order valence-electron chi connectivity index (χ3n) is 4.45. The van der Waals surface area contributed by atoms with Crippen LogP contribution in [-0.2, 0) is 12.8 Å². The van der Waals surface area contributed by atoms with Crippen molar-refractivity contribution < 1.29 is 9.84 Å². The molecule has 6 bridgehead atoms. The molecule has 4 heteroatoms. The highest BCUT2D eigenvalue weighted by molar-refractivity contribution is 5.45. The van der Waals surface area contributed by atoms with E-state index >= 15 is 0 Å². The highest BCUT2D eigenvalue weighted by atomic mass is 16.5. The van der Waals surface area contributed by atoms with Gasteiger partial charge in [0.1, 0.15) is 5.75 Å². The summed E-state index contributed by atoms with van der Waals surface area (Å²) in [5, 5.41) is 17.3. The molecular weight excluding hydrogens is 276 g/mol. The largest absolute Gasteiger partial charge is 0.504 e. The molecule has 1 fully saturated rings. The number of aromatic hydroxyl groups is 1. The summed E-state index contributed by atoms with van der Waals surface area (Å²) in [5.41, 5.74) is 2.46. The number of benzene rings is 2. The van der Waals surface area contributed by atoms with Crippen molar-refractivity contribution in [1.82, 2.24) is 10.6 Å². The van der Waals surface area contributed by atoms with E-state index in [1.54, 1.807) is 6.07 Å². The summed E-state index contributed by atoms with van der Waals surface area (Å²) in [4.78, 5) is 0. The molecule has 0 aliphatic carbocycles. The topological polar surface area (TPSA) is 53.5 Å². The molecule has 0 unspecified atom stereocenters. The van der Waals surface area contributed by atoms with E-state index in [0.29, 0.717) is 17.8 Å². The molecule has 4 nitrogen and oxygen atoms in total. The maximum Gasteiger partial charge on any atom is 0.169 e. The van der Waals surface area contributed by atoms with Gasteiger partial charge >= 0.3 is 0 Å². The molecule has 0 aromatic heterocycles. The SMILES string of the molecule is Oc1ccc2cc1Oc1ccc(cc1)C[C@H]1CN[C@H](CN1)C2. The zero-order valence-electron chi connectivity index (χ0n) is 12.4. The number of piperazine rings is 1. The highest BCUT2D eigenvalue weighted by Crippen LogP contribution is 2.32. The van der Waals surface area contributed by atoms with Crippen molar-refractivity contribution in [2.24, 2.45) is 0 Å². The van der Waals surface area contributed by atoms with Crippen molar-refractivity contribution in [3.63, 3.8) is 0 Å². The molecule has 0 radical (unpaired) electrons. The Balaban J connectivity index is 1.73. The second-order valence-corrected chi connectivity index (χ2v) is 6.17. The van der Waals surface area contributed by atoms with Crippen LogP contribution in [0.4, 0.5) is 0 Å². The van der Waals surface area contributed by atoms with Gasteiger partial charge in [-0.25, -0.2) is 0 Å². The average molecular weight is 296 g/mol. The van der Waals surface area contributed by atoms with Crippen LogP contribution in [0.25, 0.3) is 0 Å². The molecule has 3 N–H and O–H groups in total. The van der Waals surface area contributed by atoms with E-state index in [1.807, 2.05) is 24.3 Å². The van der Waals surface area contributed by atoms with E-state index in [-0.39, 0.29) is 5.75 Å². The normalized spacial score (nSPS) is 23.8. The maximum atomic E-state index is 10.0. The van der Waals surface area contributed by atoms with Gasteiger partial charge in [0, 0.05) is 25.2 Å². The lowest BCUT2D eigenvalue weighted by molar-refractivity contribution is 0.341. The molecule has 22 heavy (non-hydrogen) atoms. The molecule has 2 aromatic rings. The van der Waals surface area contributed by atoms with E-state index < -0.39 is 0 Å². The molecule has 0 spiro atoms. The fraction of sp³-hybridized carbons (Fsp3) is 0.333. The molecule has 0 saturated carbocycles. The van der Waals surface area contributed by atoms with Gasteiger partial charge in [0.05, 0.1) is 0 Å². The molecular formula is C18H20N2O2. The van der Waals surface area contributed by atoms with Gasteiger partial charge in [0.25, 0.3) is 0 Å². The van der Waals surface area contributed by atoms with Crippen LogP contribution >= 0.6 is 0 Å². The van der Waals surface area contributed by atoms with Crippen LogP contribution in [-0.4, -0.2) is 30.3 Å². The Kier molecular flexibility index (Phi) is 3.48. The molecule has 7 rings (SSSR count). The number of nitrogens with one attached hydrogen (secondary N) is 2. The summed E-state index contributed by atoms with van der Waals surface area (Å²) >= 11 is 0. The predicted molar refractivity (Wildman–Crippen MR) is 85.6 cm³/mol. The van der Waals surface area contributed by atoms with E-state index in [2.05, 4.69) is 22.8 Å². The first-order valence-electron chi connectivity index (χ1n) is 7.82. The van der Waals surface area contributed by atoms with Crippen molar-refractivity contribution in [3.05, 3.63) is 53.6 Å². The highest BCUT2D eigenvalue weighted by Gasteiger charge is 2.21. The Morgan fingerprint density at radius 1 is 0.864 bits per heavy atom. The Morgan fingerprint density at radius 3 is 2.18 bits per heavy atom. The molecule has 2 aromatic carbocycles. The first-order chi connectivity index (χ1) is 10.8. The van der Waals surface area contributed by atoms with Gasteiger partial charge in [-0.3, -0.25) is 0 Å². The van der Waals surface area contributed by atoms with Crippen LogP contribution < -0.4 is 15.4 Å². The molecule has 1 saturated heterocycles. The lowest BCUT2D eigenvalue weighted by atomic mass is 9.99. The number of rotatable bonds is 0. The van der Waals surface area contributed by atoms with Gasteiger partial charge in [-0.2, -0.15) is 0 Å². The van der Waals surface area contributed by atoms with Gasteiger partial charge in [0.2, 0.25) is 0 Å². The fourth-order valence-corrected chi connectivity index (χ4v) is 3.21. The first-order valence-corrected chi connectivity index (χ1v) is 7.82. The van der Waals surface area contributed by atoms with Crippen molar-refractivity contribution in [1.29, 1.82) is 0 Å². The van der Waals surface area contributed by atoms with Crippen LogP contribution in [0.3, 0.4) is 0 Å². The molecule has 0 amide bonds. The summed E-state index contributed by atoms with van der Waals surface area (Å²) in [6.45, 7) is 1.94. The number of phenolic OH excluding ortho intramolecular Hbond substituents is 1. The number of hydrogen-bond acceptors (Lipinski definition) is 4. The lowest BCUT2D eigenvalue weighted by Crippen LogP contribution is -2.55. The summed E-state index contributed by atoms with van der Waals surface area (Å²) in [7, 11) is 0. The van der Waals surface area contributed by atoms with Crippen molar-refractivity contribution in [3.8, 4) is 17.2 Å². The smallest absolute Gasteiger partial charge is 0.169 e. The lowest BCUT2D eigenvalue weighted by Gasteiger charge is -2.31. The van der Waals surface area contributed by atoms with Crippen molar-refractivity contribution >= 4 is 0 Å². The zero-order valence-corrected chi connectivity index (χ0v) is 12.4. The minimum atomic E-state index is 0.176. The molecule has 114 valence electrons. The minimum Gasteiger partial charge on any atom is -0.504 e. The number of ether oxygens (including phenoxy) is 1. The van der Waals surface area contributed by atoms with Crippen molar-refractivity contribution in [2.45, 2.75) is 24.9 Å². The van der Waals surface area contributed by atoms with Crippen LogP contribution in [0, 0.1) is 0 Å². The number of phenols is 1. The summed E-state index contributed by atoms with van der Waals surface area (Å²) < 4.78 is 5.84. The van der Waals surface area contributed by atoms with Crippen LogP contribution in [0.1, 0.15) is 11.1 Å². The Hall–Kier alpha value is -2.04. The first kappa shape index (κ1) is 13.6. The third-order valence-corrected chi connectivity index (χ3v) is 4.45. The predicted octanol–water partition coefficient (Wildman–Crippen LogP) is 2.21. The summed E-state index contributed by atoms with van der Waals surface area (Å²) in [6, 6.07) is 14.6. The monoisotopic (exact) mass is 296 g/mol. The van der Waals surface area contributed by atoms with Crippen LogP contribution in [0.15, 0.2) is 42.5 Å². The van der Waals surface area contributed by atoms with Crippen molar-refractivity contribution in [2.75, 3.05) is 13.1 Å². The second kappa shape index (κ2) is 5.63. The molecule has 5 heterocycles. The third kappa shape index (κ3) is 2.80. The summed E-state index contributed by atoms with van der Waals surface area (Å²) in [6.07, 6.45) is 1.94. The summed E-state index contributed by atoms with van der Waals surface area (Å²) in [5.74, 6) is 1.45. The van der Waals surface area contributed by atoms with Crippen LogP contribution in [0.5, 0.6) is 17.2 Å². The average Bonchev–Trinajstić information content (AvgIpc) is 2.54. The standard InChI is InChI=1S/C18H20N2O2/c21-17-6-3-13-8-15-11-19-14(10-20-15)7-12-1-4-16(5-2-12)22-18(17)9-13/h1-6,9,14-15,19-21H,7-8,10-11H2/t14-,15-/m0/s1. The van der Waals surface area contributed by atoms with E-state index in [9.17, 15) is 5.11 Å². The zero-order chi connectivity index (χ0) is 14.9.